The summed E-state index contributed by atoms with van der Waals surface area (Å²) >= 11 is 0. The molecule has 0 bridgehead atoms. The van der Waals surface area contributed by atoms with Gasteiger partial charge < -0.3 is 10.2 Å². The summed E-state index contributed by atoms with van der Waals surface area (Å²) in [4.78, 5) is 14.4. The number of hydrogen-bond donors (Lipinski definition) is 1. The van der Waals surface area contributed by atoms with E-state index in [0.29, 0.717) is 6.54 Å². The Labute approximate surface area is 126 Å². The van der Waals surface area contributed by atoms with E-state index in [1.807, 2.05) is 18.0 Å². The van der Waals surface area contributed by atoms with Gasteiger partial charge in [0, 0.05) is 25.2 Å². The fourth-order valence-electron chi connectivity index (χ4n) is 2.43. The predicted molar refractivity (Wildman–Crippen MR) is 81.8 cm³/mol. The molecule has 1 N–H and O–H groups in total. The number of aromatic nitrogens is 3. The summed E-state index contributed by atoms with van der Waals surface area (Å²) in [6.45, 7) is 10.6. The number of nitrogens with one attached hydrogen (secondary N) is 1. The van der Waals surface area contributed by atoms with E-state index in [1.165, 1.54) is 6.42 Å². The van der Waals surface area contributed by atoms with Crippen LogP contribution in [0.4, 0.5) is 0 Å². The Hall–Kier alpha value is -1.43. The fourth-order valence-corrected chi connectivity index (χ4v) is 2.43. The maximum atomic E-state index is 12.4. The Morgan fingerprint density at radius 2 is 2.00 bits per heavy atom. The van der Waals surface area contributed by atoms with Crippen molar-refractivity contribution in [2.75, 3.05) is 13.1 Å². The lowest BCUT2D eigenvalue weighted by molar-refractivity contribution is -0.135. The van der Waals surface area contributed by atoms with E-state index in [4.69, 9.17) is 0 Å². The van der Waals surface area contributed by atoms with Crippen molar-refractivity contribution in [2.24, 2.45) is 0 Å². The Balaban J connectivity index is 1.94. The number of nitrogens with zero attached hydrogens (tertiary/aromatic N) is 4. The number of hydrogen-bond acceptors (Lipinski definition) is 4. The van der Waals surface area contributed by atoms with Crippen molar-refractivity contribution in [2.45, 2.75) is 65.1 Å². The minimum atomic E-state index is -0.279. The molecule has 0 spiro atoms. The quantitative estimate of drug-likeness (QED) is 0.918. The van der Waals surface area contributed by atoms with Crippen LogP contribution in [0.25, 0.3) is 0 Å². The summed E-state index contributed by atoms with van der Waals surface area (Å²) < 4.78 is 1.68. The smallest absolute Gasteiger partial charge is 0.247 e. The van der Waals surface area contributed by atoms with Gasteiger partial charge in [0.2, 0.25) is 5.91 Å². The highest BCUT2D eigenvalue weighted by Gasteiger charge is 2.24. The molecule has 0 aliphatic carbocycles. The first-order valence-electron chi connectivity index (χ1n) is 7.81. The van der Waals surface area contributed by atoms with Crippen LogP contribution in [-0.4, -0.2) is 44.4 Å². The van der Waals surface area contributed by atoms with Crippen LogP contribution in [0.5, 0.6) is 0 Å². The van der Waals surface area contributed by atoms with Crippen LogP contribution in [0.1, 0.15) is 58.7 Å². The molecule has 1 aromatic rings. The van der Waals surface area contributed by atoms with Crippen molar-refractivity contribution in [3.05, 3.63) is 11.9 Å². The largest absolute Gasteiger partial charge is 0.341 e. The first kappa shape index (κ1) is 15.9. The zero-order valence-corrected chi connectivity index (χ0v) is 13.6. The van der Waals surface area contributed by atoms with Crippen LogP contribution in [0.3, 0.4) is 0 Å². The Kier molecular flexibility index (Phi) is 4.98. The van der Waals surface area contributed by atoms with Gasteiger partial charge in [-0.15, -0.1) is 5.10 Å². The molecular weight excluding hydrogens is 266 g/mol. The van der Waals surface area contributed by atoms with Crippen molar-refractivity contribution in [1.29, 1.82) is 0 Å². The van der Waals surface area contributed by atoms with E-state index in [0.717, 1.165) is 31.6 Å². The predicted octanol–water partition coefficient (Wildman–Crippen LogP) is 1.74. The third kappa shape index (κ3) is 4.52. The van der Waals surface area contributed by atoms with Crippen molar-refractivity contribution in [3.8, 4) is 0 Å². The topological polar surface area (TPSA) is 63.1 Å². The van der Waals surface area contributed by atoms with Crippen LogP contribution in [0, 0.1) is 0 Å². The average molecular weight is 293 g/mol. The monoisotopic (exact) mass is 293 g/mol. The molecule has 1 unspecified atom stereocenters. The number of carbonyl (C=O) groups excluding carboxylic acids is 1. The lowest BCUT2D eigenvalue weighted by atomic mass is 10.1. The van der Waals surface area contributed by atoms with Gasteiger partial charge in [0.15, 0.2) is 0 Å². The SMILES string of the molecule is CC(C(=O)N1CCCCC1)n1cc(CNC(C)(C)C)nn1. The first-order valence-corrected chi connectivity index (χ1v) is 7.81. The third-order valence-electron chi connectivity index (χ3n) is 3.78. The third-order valence-corrected chi connectivity index (χ3v) is 3.78. The maximum Gasteiger partial charge on any atom is 0.247 e. The molecule has 21 heavy (non-hydrogen) atoms. The minimum absolute atomic E-state index is 0.0407. The molecule has 1 aromatic heterocycles. The van der Waals surface area contributed by atoms with Gasteiger partial charge in [0.05, 0.1) is 11.9 Å². The van der Waals surface area contributed by atoms with E-state index in [2.05, 4.69) is 36.4 Å². The lowest BCUT2D eigenvalue weighted by Crippen LogP contribution is -2.39. The van der Waals surface area contributed by atoms with Gasteiger partial charge in [0.1, 0.15) is 6.04 Å². The molecule has 1 fully saturated rings. The molecule has 0 saturated carbocycles. The molecule has 0 radical (unpaired) electrons. The van der Waals surface area contributed by atoms with Crippen molar-refractivity contribution < 1.29 is 4.79 Å². The molecule has 0 aromatic carbocycles. The molecule has 1 atom stereocenters. The summed E-state index contributed by atoms with van der Waals surface area (Å²) in [5.74, 6) is 0.148. The van der Waals surface area contributed by atoms with Gasteiger partial charge in [-0.25, -0.2) is 4.68 Å². The number of rotatable bonds is 4. The molecule has 1 saturated heterocycles. The van der Waals surface area contributed by atoms with Crippen LogP contribution >= 0.6 is 0 Å². The molecule has 1 amide bonds. The maximum absolute atomic E-state index is 12.4. The number of piperidine rings is 1. The van der Waals surface area contributed by atoms with E-state index in [1.54, 1.807) is 4.68 Å². The average Bonchev–Trinajstić information content (AvgIpc) is 2.93. The number of amides is 1. The molecule has 6 nitrogen and oxygen atoms in total. The standard InChI is InChI=1S/C15H27N5O/c1-12(14(21)19-8-6-5-7-9-19)20-11-13(17-18-20)10-16-15(2,3)4/h11-12,16H,5-10H2,1-4H3. The van der Waals surface area contributed by atoms with Crippen molar-refractivity contribution in [1.82, 2.24) is 25.2 Å². The molecule has 2 rings (SSSR count). The van der Waals surface area contributed by atoms with Gasteiger partial charge in [-0.1, -0.05) is 5.21 Å². The van der Waals surface area contributed by atoms with Gasteiger partial charge in [-0.2, -0.15) is 0 Å². The molecule has 1 aliphatic rings. The molecule has 118 valence electrons. The van der Waals surface area contributed by atoms with Crippen molar-refractivity contribution >= 4 is 5.91 Å². The van der Waals surface area contributed by atoms with E-state index >= 15 is 0 Å². The second-order valence-electron chi connectivity index (χ2n) is 6.86. The van der Waals surface area contributed by atoms with Crippen LogP contribution in [0.2, 0.25) is 0 Å². The normalized spacial score (nSPS) is 17.8. The van der Waals surface area contributed by atoms with Crippen molar-refractivity contribution in [3.63, 3.8) is 0 Å². The summed E-state index contributed by atoms with van der Waals surface area (Å²) in [7, 11) is 0. The van der Waals surface area contributed by atoms with Gasteiger partial charge >= 0.3 is 0 Å². The summed E-state index contributed by atoms with van der Waals surface area (Å²) in [6.07, 6.45) is 5.31. The Morgan fingerprint density at radius 1 is 1.33 bits per heavy atom. The molecule has 1 aliphatic heterocycles. The Morgan fingerprint density at radius 3 is 2.62 bits per heavy atom. The van der Waals surface area contributed by atoms with Crippen LogP contribution < -0.4 is 5.32 Å². The van der Waals surface area contributed by atoms with Gasteiger partial charge in [-0.05, 0) is 47.0 Å². The summed E-state index contributed by atoms with van der Waals surface area (Å²) in [5, 5.41) is 11.6. The second kappa shape index (κ2) is 6.56. The highest BCUT2D eigenvalue weighted by molar-refractivity contribution is 5.80. The van der Waals surface area contributed by atoms with Gasteiger partial charge in [-0.3, -0.25) is 4.79 Å². The summed E-state index contributed by atoms with van der Waals surface area (Å²) in [6, 6.07) is -0.279. The van der Waals surface area contributed by atoms with Crippen LogP contribution in [0.15, 0.2) is 6.20 Å². The van der Waals surface area contributed by atoms with E-state index in [9.17, 15) is 4.79 Å². The lowest BCUT2D eigenvalue weighted by Gasteiger charge is -2.29. The second-order valence-corrected chi connectivity index (χ2v) is 6.86. The number of carbonyl (C=O) groups is 1. The number of likely N-dealkylation sites (tertiary alicyclic amines) is 1. The minimum Gasteiger partial charge on any atom is -0.341 e. The summed E-state index contributed by atoms with van der Waals surface area (Å²) in [5.41, 5.74) is 0.905. The van der Waals surface area contributed by atoms with E-state index < -0.39 is 0 Å². The first-order chi connectivity index (χ1) is 9.87. The highest BCUT2D eigenvalue weighted by Crippen LogP contribution is 2.15. The molecular formula is C15H27N5O. The van der Waals surface area contributed by atoms with Gasteiger partial charge in [0.25, 0.3) is 0 Å². The van der Waals surface area contributed by atoms with E-state index in [-0.39, 0.29) is 17.5 Å². The Bertz CT molecular complexity index is 471. The molecule has 6 heteroatoms. The van der Waals surface area contributed by atoms with Crippen LogP contribution in [-0.2, 0) is 11.3 Å². The zero-order valence-electron chi connectivity index (χ0n) is 13.6. The highest BCUT2D eigenvalue weighted by atomic mass is 16.2. The molecule has 2 heterocycles. The zero-order chi connectivity index (χ0) is 15.5. The fraction of sp³-hybridized carbons (Fsp3) is 0.800.